The number of benzene rings is 2. The van der Waals surface area contributed by atoms with Crippen molar-refractivity contribution in [2.24, 2.45) is 4.99 Å². The summed E-state index contributed by atoms with van der Waals surface area (Å²) in [6.07, 6.45) is 0. The molecular formula is C21H28N4S2. The minimum Gasteiger partial charge on any atom is -0.378 e. The van der Waals surface area contributed by atoms with Crippen molar-refractivity contribution in [1.82, 2.24) is 4.90 Å². The zero-order valence-electron chi connectivity index (χ0n) is 16.2. The van der Waals surface area contributed by atoms with E-state index in [1.54, 1.807) is 0 Å². The molecule has 144 valence electrons. The van der Waals surface area contributed by atoms with E-state index in [9.17, 15) is 0 Å². The van der Waals surface area contributed by atoms with Crippen molar-refractivity contribution in [2.75, 3.05) is 50.1 Å². The Morgan fingerprint density at radius 3 is 2.04 bits per heavy atom. The van der Waals surface area contributed by atoms with Crippen LogP contribution in [0, 0.1) is 0 Å². The summed E-state index contributed by atoms with van der Waals surface area (Å²) in [6.45, 7) is 6.05. The van der Waals surface area contributed by atoms with E-state index >= 15 is 0 Å². The summed E-state index contributed by atoms with van der Waals surface area (Å²) in [5.41, 5.74) is 5.60. The molecule has 0 N–H and O–H groups in total. The molecule has 0 amide bonds. The number of thiol groups is 2. The first kappa shape index (κ1) is 20.1. The molecular weight excluding hydrogens is 372 g/mol. The van der Waals surface area contributed by atoms with E-state index < -0.39 is 0 Å². The van der Waals surface area contributed by atoms with Gasteiger partial charge < -0.3 is 9.80 Å². The second-order valence-electron chi connectivity index (χ2n) is 7.02. The fraction of sp³-hybridized carbons (Fsp3) is 0.381. The zero-order chi connectivity index (χ0) is 19.4. The van der Waals surface area contributed by atoms with Crippen LogP contribution in [0.15, 0.2) is 53.5 Å². The predicted molar refractivity (Wildman–Crippen MR) is 125 cm³/mol. The van der Waals surface area contributed by atoms with Crippen molar-refractivity contribution >= 4 is 48.0 Å². The zero-order valence-corrected chi connectivity index (χ0v) is 18.0. The van der Waals surface area contributed by atoms with Crippen LogP contribution in [0.4, 0.5) is 17.1 Å². The highest BCUT2D eigenvalue weighted by Crippen LogP contribution is 2.22. The van der Waals surface area contributed by atoms with E-state index in [1.807, 2.05) is 14.1 Å². The number of piperazine rings is 1. The van der Waals surface area contributed by atoms with E-state index in [0.717, 1.165) is 43.1 Å². The van der Waals surface area contributed by atoms with Gasteiger partial charge in [0.15, 0.2) is 0 Å². The highest BCUT2D eigenvalue weighted by Gasteiger charge is 2.19. The molecule has 0 bridgehead atoms. The first-order valence-corrected chi connectivity index (χ1v) is 10.3. The molecule has 2 aromatic rings. The summed E-state index contributed by atoms with van der Waals surface area (Å²) in [6, 6.07) is 17.0. The Kier molecular flexibility index (Phi) is 6.73. The minimum atomic E-state index is 0.0279. The number of rotatable bonds is 5. The summed E-state index contributed by atoms with van der Waals surface area (Å²) in [4.78, 5) is 11.5. The van der Waals surface area contributed by atoms with Crippen molar-refractivity contribution in [1.29, 1.82) is 0 Å². The molecule has 1 aliphatic heterocycles. The molecule has 1 heterocycles. The smallest absolute Gasteiger partial charge is 0.0970 e. The summed E-state index contributed by atoms with van der Waals surface area (Å²) < 4.78 is 0.0279. The normalized spacial score (nSPS) is 16.1. The van der Waals surface area contributed by atoms with Gasteiger partial charge in [-0.1, -0.05) is 12.1 Å². The highest BCUT2D eigenvalue weighted by atomic mass is 32.2. The maximum atomic E-state index is 4.76. The molecule has 4 nitrogen and oxygen atoms in total. The second kappa shape index (κ2) is 9.04. The summed E-state index contributed by atoms with van der Waals surface area (Å²) in [5, 5.41) is 0. The first-order chi connectivity index (χ1) is 12.9. The van der Waals surface area contributed by atoms with Crippen molar-refractivity contribution in [3.63, 3.8) is 0 Å². The predicted octanol–water partition coefficient (Wildman–Crippen LogP) is 4.16. The van der Waals surface area contributed by atoms with Crippen LogP contribution < -0.4 is 9.80 Å². The van der Waals surface area contributed by atoms with Crippen LogP contribution in [0.1, 0.15) is 12.5 Å². The van der Waals surface area contributed by atoms with Gasteiger partial charge in [0.1, 0.15) is 0 Å². The van der Waals surface area contributed by atoms with E-state index in [4.69, 9.17) is 4.99 Å². The van der Waals surface area contributed by atoms with Gasteiger partial charge in [-0.3, -0.25) is 9.89 Å². The number of nitrogens with zero attached hydrogens (tertiary/aromatic N) is 4. The van der Waals surface area contributed by atoms with Crippen molar-refractivity contribution in [2.45, 2.75) is 11.6 Å². The van der Waals surface area contributed by atoms with Gasteiger partial charge in [0.05, 0.1) is 10.4 Å². The fourth-order valence-corrected chi connectivity index (χ4v) is 3.67. The number of hydrogen-bond donors (Lipinski definition) is 2. The average molecular weight is 401 g/mol. The largest absolute Gasteiger partial charge is 0.378 e. The van der Waals surface area contributed by atoms with Crippen molar-refractivity contribution in [3.05, 3.63) is 54.1 Å². The summed E-state index contributed by atoms with van der Waals surface area (Å²) >= 11 is 8.81. The first-order valence-electron chi connectivity index (χ1n) is 9.22. The van der Waals surface area contributed by atoms with Crippen LogP contribution in [-0.4, -0.2) is 55.6 Å². The third-order valence-electron chi connectivity index (χ3n) is 4.95. The lowest BCUT2D eigenvalue weighted by atomic mass is 10.1. The van der Waals surface area contributed by atoms with Crippen LogP contribution in [-0.2, 0) is 0 Å². The van der Waals surface area contributed by atoms with E-state index in [1.165, 1.54) is 11.4 Å². The molecule has 0 radical (unpaired) electrons. The van der Waals surface area contributed by atoms with Gasteiger partial charge in [-0.2, -0.15) is 0 Å². The lowest BCUT2D eigenvalue weighted by molar-refractivity contribution is 0.287. The molecule has 2 aromatic carbocycles. The Labute approximate surface area is 173 Å². The monoisotopic (exact) mass is 400 g/mol. The van der Waals surface area contributed by atoms with Gasteiger partial charge >= 0.3 is 0 Å². The topological polar surface area (TPSA) is 22.1 Å². The van der Waals surface area contributed by atoms with Crippen LogP contribution >= 0.6 is 25.3 Å². The van der Waals surface area contributed by atoms with Crippen LogP contribution in [0.25, 0.3) is 0 Å². The van der Waals surface area contributed by atoms with Crippen molar-refractivity contribution < 1.29 is 0 Å². The molecule has 6 heteroatoms. The highest BCUT2D eigenvalue weighted by molar-refractivity contribution is 7.99. The molecule has 1 aliphatic rings. The Bertz CT molecular complexity index is 762. The maximum Gasteiger partial charge on any atom is 0.0970 e. The maximum absolute atomic E-state index is 4.76. The minimum absolute atomic E-state index is 0.0279. The number of anilines is 2. The molecule has 0 atom stereocenters. The quantitative estimate of drug-likeness (QED) is 0.447. The van der Waals surface area contributed by atoms with Gasteiger partial charge in [0.25, 0.3) is 0 Å². The molecule has 0 aromatic heterocycles. The Morgan fingerprint density at radius 1 is 0.926 bits per heavy atom. The summed E-state index contributed by atoms with van der Waals surface area (Å²) in [7, 11) is 4.08. The molecule has 1 saturated heterocycles. The SMILES string of the molecule is CC(=Nc1ccc(N(C)C)cc1)c1ccc(N2CCN(C(S)S)CC2)cc1. The van der Waals surface area contributed by atoms with E-state index in [-0.39, 0.29) is 4.71 Å². The second-order valence-corrected chi connectivity index (χ2v) is 8.41. The molecule has 0 spiro atoms. The van der Waals surface area contributed by atoms with Crippen LogP contribution in [0.2, 0.25) is 0 Å². The fourth-order valence-electron chi connectivity index (χ4n) is 3.21. The van der Waals surface area contributed by atoms with Crippen molar-refractivity contribution in [3.8, 4) is 0 Å². The van der Waals surface area contributed by atoms with Gasteiger partial charge in [0.2, 0.25) is 0 Å². The summed E-state index contributed by atoms with van der Waals surface area (Å²) in [5.74, 6) is 0. The third-order valence-corrected chi connectivity index (χ3v) is 5.61. The van der Waals surface area contributed by atoms with E-state index in [0.29, 0.717) is 0 Å². The number of aliphatic imine (C=N–C) groups is 1. The molecule has 3 rings (SSSR count). The Morgan fingerprint density at radius 2 is 1.52 bits per heavy atom. The Balaban J connectivity index is 1.66. The Hall–Kier alpha value is -1.63. The van der Waals surface area contributed by atoms with Crippen LogP contribution in [0.3, 0.4) is 0 Å². The van der Waals surface area contributed by atoms with Gasteiger partial charge in [0, 0.05) is 57.4 Å². The van der Waals surface area contributed by atoms with Gasteiger partial charge in [-0.15, -0.1) is 25.3 Å². The van der Waals surface area contributed by atoms with Gasteiger partial charge in [-0.05, 0) is 48.9 Å². The van der Waals surface area contributed by atoms with Gasteiger partial charge in [-0.25, -0.2) is 0 Å². The number of hydrogen-bond acceptors (Lipinski definition) is 6. The molecule has 27 heavy (non-hydrogen) atoms. The molecule has 1 fully saturated rings. The average Bonchev–Trinajstić information content (AvgIpc) is 2.68. The van der Waals surface area contributed by atoms with E-state index in [2.05, 4.69) is 95.4 Å². The lowest BCUT2D eigenvalue weighted by Gasteiger charge is -2.37. The third kappa shape index (κ3) is 5.21. The molecule has 0 saturated carbocycles. The molecule has 0 unspecified atom stereocenters. The lowest BCUT2D eigenvalue weighted by Crippen LogP contribution is -2.47. The standard InChI is InChI=1S/C21H28N4S2/c1-16(22-18-6-10-19(11-7-18)23(2)3)17-4-8-20(9-5-17)24-12-14-25(15-13-24)21(26)27/h4-11,21,26-27H,12-15H2,1-3H3. The molecule has 0 aliphatic carbocycles. The van der Waals surface area contributed by atoms with Crippen LogP contribution in [0.5, 0.6) is 0 Å².